The van der Waals surface area contributed by atoms with Gasteiger partial charge in [-0.3, -0.25) is 14.8 Å². The molecule has 0 spiro atoms. The van der Waals surface area contributed by atoms with E-state index in [0.717, 1.165) is 49.1 Å². The number of carbonyl (C=O) groups excluding carboxylic acids is 1. The first-order chi connectivity index (χ1) is 19.4. The minimum atomic E-state index is -0.559. The van der Waals surface area contributed by atoms with Gasteiger partial charge < -0.3 is 19.5 Å². The van der Waals surface area contributed by atoms with E-state index in [1.165, 1.54) is 35.1 Å². The molecule has 1 amide bonds. The minimum Gasteiger partial charge on any atom is -0.453 e. The Morgan fingerprint density at radius 2 is 1.98 bits per heavy atom. The largest absolute Gasteiger partial charge is 0.453 e. The van der Waals surface area contributed by atoms with Crippen LogP contribution < -0.4 is 4.74 Å². The van der Waals surface area contributed by atoms with Crippen LogP contribution in [0.2, 0.25) is 0 Å². The van der Waals surface area contributed by atoms with Crippen LogP contribution in [0, 0.1) is 11.7 Å². The third-order valence-corrected chi connectivity index (χ3v) is 8.18. The molecule has 0 radical (unpaired) electrons. The number of aliphatic hydroxyl groups is 1. The van der Waals surface area contributed by atoms with Gasteiger partial charge in [0.2, 0.25) is 5.91 Å². The Morgan fingerprint density at radius 1 is 1.15 bits per heavy atom. The number of thiocarbonyl (C=S) groups is 1. The average molecular weight is 580 g/mol. The highest BCUT2D eigenvalue weighted by molar-refractivity contribution is 7.80. The lowest BCUT2D eigenvalue weighted by Crippen LogP contribution is -2.35. The van der Waals surface area contributed by atoms with E-state index in [1.54, 1.807) is 31.6 Å². The molecule has 3 aromatic heterocycles. The van der Waals surface area contributed by atoms with Crippen LogP contribution in [0.3, 0.4) is 0 Å². The Balaban J connectivity index is 1.30. The van der Waals surface area contributed by atoms with E-state index in [1.807, 2.05) is 24.3 Å². The van der Waals surface area contributed by atoms with Crippen molar-refractivity contribution >= 4 is 44.5 Å². The molecule has 1 N–H and O–H groups in total. The van der Waals surface area contributed by atoms with E-state index >= 15 is 0 Å². The molecule has 3 heterocycles. The Bertz CT molecular complexity index is 1500. The molecule has 1 fully saturated rings. The first-order valence-electron chi connectivity index (χ1n) is 13.1. The predicted octanol–water partition coefficient (Wildman–Crippen LogP) is 5.97. The summed E-state index contributed by atoms with van der Waals surface area (Å²) >= 11 is 6.95. The first kappa shape index (κ1) is 28.2. The number of rotatable bonds is 13. The number of methoxy groups -OCH3 is 1. The van der Waals surface area contributed by atoms with E-state index in [4.69, 9.17) is 21.7 Å². The van der Waals surface area contributed by atoms with E-state index < -0.39 is 12.4 Å². The summed E-state index contributed by atoms with van der Waals surface area (Å²) in [6.45, 7) is 0.508. The SMILES string of the molecule is COCCN(Cc1ccc(-c2cc3nccc(Oc4ccc(CC(=S)CC5CC5)cc4F)c3s2)nc1)C(=O)CO. The van der Waals surface area contributed by atoms with Crippen molar-refractivity contribution < 1.29 is 23.8 Å². The summed E-state index contributed by atoms with van der Waals surface area (Å²) < 4.78 is 26.8. The highest BCUT2D eigenvalue weighted by Crippen LogP contribution is 2.39. The van der Waals surface area contributed by atoms with Crippen LogP contribution in [-0.4, -0.2) is 57.6 Å². The molecular weight excluding hydrogens is 549 g/mol. The number of ether oxygens (including phenoxy) is 2. The Kier molecular flexibility index (Phi) is 9.11. The highest BCUT2D eigenvalue weighted by Gasteiger charge is 2.23. The predicted molar refractivity (Wildman–Crippen MR) is 157 cm³/mol. The Labute approximate surface area is 241 Å². The quantitative estimate of drug-likeness (QED) is 0.195. The van der Waals surface area contributed by atoms with Crippen LogP contribution >= 0.6 is 23.6 Å². The molecule has 40 heavy (non-hydrogen) atoms. The maximum Gasteiger partial charge on any atom is 0.248 e. The van der Waals surface area contributed by atoms with Crippen LogP contribution in [0.5, 0.6) is 11.5 Å². The van der Waals surface area contributed by atoms with E-state index in [-0.39, 0.29) is 11.7 Å². The number of amides is 1. The van der Waals surface area contributed by atoms with Gasteiger partial charge in [-0.25, -0.2) is 4.39 Å². The molecule has 208 valence electrons. The van der Waals surface area contributed by atoms with Crippen molar-refractivity contribution in [2.24, 2.45) is 5.92 Å². The fourth-order valence-electron chi connectivity index (χ4n) is 4.40. The van der Waals surface area contributed by atoms with E-state index in [9.17, 15) is 14.3 Å². The van der Waals surface area contributed by atoms with Gasteiger partial charge in [0.1, 0.15) is 12.4 Å². The monoisotopic (exact) mass is 579 g/mol. The van der Waals surface area contributed by atoms with Crippen molar-refractivity contribution in [1.29, 1.82) is 0 Å². The molecule has 1 aliphatic carbocycles. The lowest BCUT2D eigenvalue weighted by molar-refractivity contribution is -0.135. The van der Waals surface area contributed by atoms with Gasteiger partial charge in [-0.2, -0.15) is 0 Å². The summed E-state index contributed by atoms with van der Waals surface area (Å²) in [6.07, 6.45) is 7.39. The number of aromatic nitrogens is 2. The number of hydrogen-bond acceptors (Lipinski definition) is 8. The van der Waals surface area contributed by atoms with Crippen molar-refractivity contribution in [3.63, 3.8) is 0 Å². The second-order valence-corrected chi connectivity index (χ2v) is 11.5. The number of thiophene rings is 1. The standard InChI is InChI=1S/C30H30FN3O4S2/c1-37-11-10-34(29(36)18-35)17-21-4-6-24(33-16-21)28-15-25-30(40-28)27(8-9-32-25)38-26-7-5-20(14-23(26)31)13-22(39)12-19-2-3-19/h4-9,14-16,19,35H,2-3,10-13,17-18H2,1H3. The van der Waals surface area contributed by atoms with Crippen molar-refractivity contribution in [3.05, 3.63) is 71.8 Å². The summed E-state index contributed by atoms with van der Waals surface area (Å²) in [5.41, 5.74) is 3.15. The lowest BCUT2D eigenvalue weighted by Gasteiger charge is -2.21. The number of hydrogen-bond donors (Lipinski definition) is 1. The summed E-state index contributed by atoms with van der Waals surface area (Å²) in [5.74, 6) is 0.594. The molecule has 0 saturated heterocycles. The topological polar surface area (TPSA) is 84.8 Å². The number of fused-ring (bicyclic) bond motifs is 1. The number of benzene rings is 1. The zero-order valence-corrected chi connectivity index (χ0v) is 23.8. The summed E-state index contributed by atoms with van der Waals surface area (Å²) in [4.78, 5) is 24.5. The second kappa shape index (κ2) is 12.9. The summed E-state index contributed by atoms with van der Waals surface area (Å²) in [7, 11) is 1.56. The minimum absolute atomic E-state index is 0.150. The Morgan fingerprint density at radius 3 is 2.67 bits per heavy atom. The van der Waals surface area contributed by atoms with Gasteiger partial charge in [-0.05, 0) is 65.4 Å². The number of carbonyl (C=O) groups is 1. The van der Waals surface area contributed by atoms with Gasteiger partial charge in [0.25, 0.3) is 0 Å². The Hall–Kier alpha value is -3.31. The zero-order chi connectivity index (χ0) is 28.1. The van der Waals surface area contributed by atoms with Crippen molar-refractivity contribution in [3.8, 4) is 22.1 Å². The van der Waals surface area contributed by atoms with Crippen LogP contribution in [0.4, 0.5) is 4.39 Å². The molecule has 1 aromatic carbocycles. The maximum absolute atomic E-state index is 15.0. The molecular formula is C30H30FN3O4S2. The molecule has 0 bridgehead atoms. The smallest absolute Gasteiger partial charge is 0.248 e. The molecule has 5 rings (SSSR count). The number of nitrogens with zero attached hydrogens (tertiary/aromatic N) is 3. The molecule has 7 nitrogen and oxygen atoms in total. The second-order valence-electron chi connectivity index (χ2n) is 9.88. The van der Waals surface area contributed by atoms with Crippen molar-refractivity contribution in [2.75, 3.05) is 26.9 Å². The molecule has 1 aliphatic rings. The van der Waals surface area contributed by atoms with Crippen molar-refractivity contribution in [2.45, 2.75) is 32.2 Å². The normalized spacial score (nSPS) is 13.0. The number of halogens is 1. The van der Waals surface area contributed by atoms with Crippen LogP contribution in [0.1, 0.15) is 30.4 Å². The fraction of sp³-hybridized carbons (Fsp3) is 0.333. The molecule has 0 aliphatic heterocycles. The molecule has 1 saturated carbocycles. The molecule has 10 heteroatoms. The summed E-state index contributed by atoms with van der Waals surface area (Å²) in [5, 5.41) is 9.26. The van der Waals surface area contributed by atoms with E-state index in [2.05, 4.69) is 9.97 Å². The van der Waals surface area contributed by atoms with Crippen molar-refractivity contribution in [1.82, 2.24) is 14.9 Å². The average Bonchev–Trinajstić information content (AvgIpc) is 3.65. The lowest BCUT2D eigenvalue weighted by atomic mass is 10.1. The van der Waals surface area contributed by atoms with Gasteiger partial charge in [0, 0.05) is 45.1 Å². The fourth-order valence-corrected chi connectivity index (χ4v) is 5.84. The number of pyridine rings is 2. The number of aliphatic hydroxyl groups excluding tert-OH is 1. The van der Waals surface area contributed by atoms with Gasteiger partial charge in [-0.1, -0.05) is 24.4 Å². The van der Waals surface area contributed by atoms with Crippen LogP contribution in [0.25, 0.3) is 20.8 Å². The third-order valence-electron chi connectivity index (χ3n) is 6.71. The van der Waals surface area contributed by atoms with Gasteiger partial charge >= 0.3 is 0 Å². The van der Waals surface area contributed by atoms with E-state index in [0.29, 0.717) is 31.9 Å². The molecule has 0 atom stereocenters. The van der Waals surface area contributed by atoms with Gasteiger partial charge in [0.15, 0.2) is 11.6 Å². The third kappa shape index (κ3) is 7.06. The highest BCUT2D eigenvalue weighted by atomic mass is 32.1. The van der Waals surface area contributed by atoms with Crippen LogP contribution in [-0.2, 0) is 22.5 Å². The van der Waals surface area contributed by atoms with Gasteiger partial charge in [-0.15, -0.1) is 11.3 Å². The van der Waals surface area contributed by atoms with Crippen LogP contribution in [0.15, 0.2) is 54.9 Å². The maximum atomic E-state index is 15.0. The molecule has 0 unspecified atom stereocenters. The zero-order valence-electron chi connectivity index (χ0n) is 22.1. The molecule has 4 aromatic rings. The summed E-state index contributed by atoms with van der Waals surface area (Å²) in [6, 6.07) is 12.5. The van der Waals surface area contributed by atoms with Gasteiger partial charge in [0.05, 0.1) is 27.4 Å². The first-order valence-corrected chi connectivity index (χ1v) is 14.4.